The molecule has 0 aliphatic carbocycles. The zero-order valence-corrected chi connectivity index (χ0v) is 13.7. The van der Waals surface area contributed by atoms with Gasteiger partial charge in [-0.15, -0.1) is 0 Å². The number of aliphatic hydroxyl groups is 1. The number of aromatic carboxylic acids is 1. The van der Waals surface area contributed by atoms with Gasteiger partial charge in [-0.25, -0.2) is 4.79 Å². The van der Waals surface area contributed by atoms with Gasteiger partial charge in [-0.3, -0.25) is 0 Å². The fourth-order valence-corrected chi connectivity index (χ4v) is 2.18. The van der Waals surface area contributed by atoms with Crippen LogP contribution in [0.1, 0.15) is 43.6 Å². The maximum atomic E-state index is 10.9. The quantitative estimate of drug-likeness (QED) is 0.735. The molecule has 0 spiro atoms. The van der Waals surface area contributed by atoms with Gasteiger partial charge < -0.3 is 24.6 Å². The summed E-state index contributed by atoms with van der Waals surface area (Å²) in [7, 11) is -0.733. The summed E-state index contributed by atoms with van der Waals surface area (Å²) in [6.07, 6.45) is 1.54. The van der Waals surface area contributed by atoms with Crippen molar-refractivity contribution in [2.24, 2.45) is 0 Å². The summed E-state index contributed by atoms with van der Waals surface area (Å²) in [6, 6.07) is 4.01. The number of rotatable bonds is 4. The van der Waals surface area contributed by atoms with Crippen LogP contribution >= 0.6 is 0 Å². The highest BCUT2D eigenvalue weighted by atomic mass is 16.7. The predicted octanol–water partition coefficient (Wildman–Crippen LogP) is 2.10. The third-order valence-electron chi connectivity index (χ3n) is 4.36. The summed E-state index contributed by atoms with van der Waals surface area (Å²) in [6.45, 7) is 7.31. The van der Waals surface area contributed by atoms with Crippen LogP contribution in [0, 0.1) is 0 Å². The predicted molar refractivity (Wildman–Crippen MR) is 86.2 cm³/mol. The van der Waals surface area contributed by atoms with Crippen molar-refractivity contribution in [3.05, 3.63) is 34.8 Å². The SMILES string of the molecule is CC1(C)OB(C(=Cc2ccc(C(=O)O)cc2O)CO)OC1(C)C. The smallest absolute Gasteiger partial charge is 0.492 e. The van der Waals surface area contributed by atoms with E-state index in [1.54, 1.807) is 6.08 Å². The fraction of sp³-hybridized carbons (Fsp3) is 0.438. The van der Waals surface area contributed by atoms with Crippen LogP contribution in [-0.4, -0.2) is 46.2 Å². The van der Waals surface area contributed by atoms with Crippen LogP contribution in [0.5, 0.6) is 5.75 Å². The standard InChI is InChI=1S/C16H21BO6/c1-15(2)16(3,4)23-17(22-15)12(9-18)7-10-5-6-11(14(20)21)8-13(10)19/h5-8,18-19H,9H2,1-4H3,(H,20,21). The molecule has 7 heteroatoms. The van der Waals surface area contributed by atoms with Crippen LogP contribution in [0.4, 0.5) is 0 Å². The maximum Gasteiger partial charge on any atom is 0.492 e. The minimum Gasteiger partial charge on any atom is -0.507 e. The molecule has 1 saturated heterocycles. The van der Waals surface area contributed by atoms with E-state index in [0.717, 1.165) is 6.07 Å². The lowest BCUT2D eigenvalue weighted by Gasteiger charge is -2.32. The Hall–Kier alpha value is -1.83. The van der Waals surface area contributed by atoms with Crippen molar-refractivity contribution in [3.63, 3.8) is 0 Å². The number of phenolic OH excluding ortho intramolecular Hbond substituents is 1. The van der Waals surface area contributed by atoms with Gasteiger partial charge in [0.1, 0.15) is 5.75 Å². The molecule has 0 saturated carbocycles. The molecule has 3 N–H and O–H groups in total. The molecule has 1 aliphatic heterocycles. The Kier molecular flexibility index (Phi) is 4.57. The van der Waals surface area contributed by atoms with Gasteiger partial charge in [0.15, 0.2) is 0 Å². The molecule has 0 aromatic heterocycles. The molecule has 0 radical (unpaired) electrons. The number of hydrogen-bond acceptors (Lipinski definition) is 5. The second-order valence-corrected chi connectivity index (χ2v) is 6.54. The summed E-state index contributed by atoms with van der Waals surface area (Å²) in [5, 5.41) is 28.5. The number of hydrogen-bond donors (Lipinski definition) is 3. The third-order valence-corrected chi connectivity index (χ3v) is 4.36. The van der Waals surface area contributed by atoms with Gasteiger partial charge >= 0.3 is 13.1 Å². The maximum absolute atomic E-state index is 10.9. The molecule has 0 amide bonds. The number of carboxylic acids is 1. The summed E-state index contributed by atoms with van der Waals surface area (Å²) in [4.78, 5) is 10.9. The molecule has 1 heterocycles. The summed E-state index contributed by atoms with van der Waals surface area (Å²) >= 11 is 0. The minimum atomic E-state index is -1.12. The van der Waals surface area contributed by atoms with Gasteiger partial charge in [0.05, 0.1) is 23.4 Å². The number of aromatic hydroxyl groups is 1. The van der Waals surface area contributed by atoms with Crippen LogP contribution in [-0.2, 0) is 9.31 Å². The average Bonchev–Trinajstić information content (AvgIpc) is 2.65. The van der Waals surface area contributed by atoms with Crippen LogP contribution in [0.15, 0.2) is 23.7 Å². The Morgan fingerprint density at radius 1 is 1.22 bits per heavy atom. The van der Waals surface area contributed by atoms with Crippen molar-refractivity contribution in [2.45, 2.75) is 38.9 Å². The average molecular weight is 320 g/mol. The van der Waals surface area contributed by atoms with Crippen molar-refractivity contribution in [3.8, 4) is 5.75 Å². The van der Waals surface area contributed by atoms with Gasteiger partial charge in [-0.05, 0) is 45.3 Å². The first-order valence-electron chi connectivity index (χ1n) is 7.30. The van der Waals surface area contributed by atoms with E-state index in [9.17, 15) is 15.0 Å². The molecule has 1 aliphatic rings. The minimum absolute atomic E-state index is 0.0131. The lowest BCUT2D eigenvalue weighted by molar-refractivity contribution is 0.00578. The second-order valence-electron chi connectivity index (χ2n) is 6.54. The molecule has 0 unspecified atom stereocenters. The molecular weight excluding hydrogens is 299 g/mol. The third kappa shape index (κ3) is 3.42. The Morgan fingerprint density at radius 2 is 1.78 bits per heavy atom. The molecule has 6 nitrogen and oxygen atoms in total. The monoisotopic (exact) mass is 320 g/mol. The number of carbonyl (C=O) groups is 1. The van der Waals surface area contributed by atoms with Crippen molar-refractivity contribution >= 4 is 19.2 Å². The Balaban J connectivity index is 2.32. The van der Waals surface area contributed by atoms with Gasteiger partial charge in [0, 0.05) is 5.56 Å². The molecule has 2 rings (SSSR count). The summed E-state index contributed by atoms with van der Waals surface area (Å²) in [5.74, 6) is -1.31. The van der Waals surface area contributed by atoms with E-state index in [4.69, 9.17) is 14.4 Å². The van der Waals surface area contributed by atoms with E-state index >= 15 is 0 Å². The number of aliphatic hydroxyl groups excluding tert-OH is 1. The molecule has 0 atom stereocenters. The zero-order valence-electron chi connectivity index (χ0n) is 13.7. The Bertz CT molecular complexity index is 634. The van der Waals surface area contributed by atoms with Gasteiger partial charge in [-0.1, -0.05) is 12.1 Å². The lowest BCUT2D eigenvalue weighted by Crippen LogP contribution is -2.41. The van der Waals surface area contributed by atoms with Crippen LogP contribution in [0.3, 0.4) is 0 Å². The molecule has 124 valence electrons. The molecule has 0 bridgehead atoms. The summed E-state index contributed by atoms with van der Waals surface area (Å²) < 4.78 is 11.7. The number of phenols is 1. The van der Waals surface area contributed by atoms with E-state index < -0.39 is 24.3 Å². The topological polar surface area (TPSA) is 96.2 Å². The number of benzene rings is 1. The van der Waals surface area contributed by atoms with Crippen molar-refractivity contribution in [2.75, 3.05) is 6.61 Å². The van der Waals surface area contributed by atoms with Crippen LogP contribution in [0.2, 0.25) is 0 Å². The van der Waals surface area contributed by atoms with Crippen LogP contribution < -0.4 is 0 Å². The highest BCUT2D eigenvalue weighted by Crippen LogP contribution is 2.39. The van der Waals surface area contributed by atoms with E-state index in [-0.39, 0.29) is 17.9 Å². The van der Waals surface area contributed by atoms with Gasteiger partial charge in [0.25, 0.3) is 0 Å². The molecule has 1 aromatic carbocycles. The largest absolute Gasteiger partial charge is 0.507 e. The van der Waals surface area contributed by atoms with E-state index in [1.807, 2.05) is 27.7 Å². The van der Waals surface area contributed by atoms with Crippen molar-refractivity contribution < 1.29 is 29.4 Å². The molecule has 23 heavy (non-hydrogen) atoms. The zero-order chi connectivity index (χ0) is 17.4. The van der Waals surface area contributed by atoms with Gasteiger partial charge in [0.2, 0.25) is 0 Å². The van der Waals surface area contributed by atoms with Crippen molar-refractivity contribution in [1.82, 2.24) is 0 Å². The Labute approximate surface area is 135 Å². The second kappa shape index (κ2) is 6.00. The summed E-state index contributed by atoms with van der Waals surface area (Å²) in [5.41, 5.74) is -0.265. The van der Waals surface area contributed by atoms with Crippen molar-refractivity contribution in [1.29, 1.82) is 0 Å². The van der Waals surface area contributed by atoms with E-state index in [1.165, 1.54) is 12.1 Å². The Morgan fingerprint density at radius 3 is 2.22 bits per heavy atom. The molecule has 1 fully saturated rings. The normalized spacial score (nSPS) is 19.9. The number of carboxylic acid groups (broad SMARTS) is 1. The fourth-order valence-electron chi connectivity index (χ4n) is 2.18. The van der Waals surface area contributed by atoms with E-state index in [2.05, 4.69) is 0 Å². The molecule has 1 aromatic rings. The highest BCUT2D eigenvalue weighted by Gasteiger charge is 2.52. The van der Waals surface area contributed by atoms with Crippen LogP contribution in [0.25, 0.3) is 6.08 Å². The van der Waals surface area contributed by atoms with E-state index in [0.29, 0.717) is 11.0 Å². The molecular formula is C16H21BO6. The van der Waals surface area contributed by atoms with Gasteiger partial charge in [-0.2, -0.15) is 0 Å². The first kappa shape index (κ1) is 17.5. The first-order chi connectivity index (χ1) is 10.6. The highest BCUT2D eigenvalue weighted by molar-refractivity contribution is 6.55. The lowest BCUT2D eigenvalue weighted by atomic mass is 9.77. The first-order valence-corrected chi connectivity index (χ1v) is 7.30.